The van der Waals surface area contributed by atoms with Crippen molar-refractivity contribution in [3.05, 3.63) is 12.4 Å². The average molecular weight is 358 g/mol. The van der Waals surface area contributed by atoms with E-state index in [4.69, 9.17) is 0 Å². The first-order valence-electron chi connectivity index (χ1n) is 10.4. The van der Waals surface area contributed by atoms with Crippen molar-refractivity contribution >= 4 is 17.5 Å². The van der Waals surface area contributed by atoms with Gasteiger partial charge in [-0.15, -0.1) is 0 Å². The third-order valence-corrected chi connectivity index (χ3v) is 6.01. The highest BCUT2D eigenvalue weighted by atomic mass is 16.1. The number of carbonyl (C=O) groups is 1. The molecule has 1 aliphatic carbocycles. The lowest BCUT2D eigenvalue weighted by molar-refractivity contribution is -0.125. The van der Waals surface area contributed by atoms with Crippen LogP contribution in [-0.4, -0.2) is 48.6 Å². The molecule has 26 heavy (non-hydrogen) atoms. The monoisotopic (exact) mass is 357 g/mol. The topological polar surface area (TPSA) is 61.4 Å². The van der Waals surface area contributed by atoms with E-state index in [2.05, 4.69) is 25.1 Å². The molecule has 4 rings (SSSR count). The molecule has 142 valence electrons. The van der Waals surface area contributed by atoms with Crippen LogP contribution >= 0.6 is 0 Å². The fraction of sp³-hybridized carbons (Fsp3) is 0.750. The molecular weight excluding hydrogens is 326 g/mol. The Morgan fingerprint density at radius 1 is 0.923 bits per heavy atom. The van der Waals surface area contributed by atoms with Gasteiger partial charge in [-0.2, -0.15) is 0 Å². The number of aromatic nitrogens is 2. The Bertz CT molecular complexity index is 585. The second kappa shape index (κ2) is 8.23. The Kier molecular flexibility index (Phi) is 5.56. The summed E-state index contributed by atoms with van der Waals surface area (Å²) in [5.41, 5.74) is 1.08. The molecule has 1 amide bonds. The molecule has 2 saturated heterocycles. The Morgan fingerprint density at radius 3 is 2.19 bits per heavy atom. The minimum absolute atomic E-state index is 0.169. The van der Waals surface area contributed by atoms with Crippen molar-refractivity contribution < 1.29 is 4.79 Å². The molecule has 0 atom stereocenters. The van der Waals surface area contributed by atoms with E-state index in [1.54, 1.807) is 0 Å². The molecule has 6 heteroatoms. The Labute approximate surface area is 156 Å². The van der Waals surface area contributed by atoms with E-state index in [1.165, 1.54) is 38.5 Å². The lowest BCUT2D eigenvalue weighted by Gasteiger charge is -2.32. The standard InChI is InChI=1S/C20H31N5O/c26-19(21-13-16-5-6-16)17-7-11-24(12-8-17)18-14-22-20(23-15-18)25-9-3-1-2-4-10-25/h14-17H,1-13H2,(H,21,26). The minimum Gasteiger partial charge on any atom is -0.369 e. The van der Waals surface area contributed by atoms with E-state index >= 15 is 0 Å². The summed E-state index contributed by atoms with van der Waals surface area (Å²) < 4.78 is 0. The van der Waals surface area contributed by atoms with Gasteiger partial charge in [-0.3, -0.25) is 4.79 Å². The minimum atomic E-state index is 0.169. The number of nitrogens with zero attached hydrogens (tertiary/aromatic N) is 4. The third-order valence-electron chi connectivity index (χ3n) is 6.01. The highest BCUT2D eigenvalue weighted by Crippen LogP contribution is 2.28. The summed E-state index contributed by atoms with van der Waals surface area (Å²) in [4.78, 5) is 26.1. The van der Waals surface area contributed by atoms with Crippen molar-refractivity contribution in [2.75, 3.05) is 42.5 Å². The average Bonchev–Trinajstić information content (AvgIpc) is 3.53. The molecule has 0 aromatic carbocycles. The number of hydrogen-bond acceptors (Lipinski definition) is 5. The van der Waals surface area contributed by atoms with Gasteiger partial charge in [0.15, 0.2) is 0 Å². The first kappa shape index (κ1) is 17.6. The molecule has 0 bridgehead atoms. The molecule has 1 aromatic heterocycles. The lowest BCUT2D eigenvalue weighted by atomic mass is 9.95. The van der Waals surface area contributed by atoms with Gasteiger partial charge in [0, 0.05) is 38.6 Å². The molecule has 1 aromatic rings. The van der Waals surface area contributed by atoms with Crippen LogP contribution in [0.5, 0.6) is 0 Å². The molecule has 1 N–H and O–H groups in total. The zero-order valence-electron chi connectivity index (χ0n) is 15.7. The zero-order chi connectivity index (χ0) is 17.8. The number of carbonyl (C=O) groups excluding carboxylic acids is 1. The Hall–Kier alpha value is -1.85. The first-order valence-corrected chi connectivity index (χ1v) is 10.4. The lowest BCUT2D eigenvalue weighted by Crippen LogP contribution is -2.41. The van der Waals surface area contributed by atoms with Crippen molar-refractivity contribution in [1.29, 1.82) is 0 Å². The molecule has 1 saturated carbocycles. The van der Waals surface area contributed by atoms with Crippen LogP contribution in [0.4, 0.5) is 11.6 Å². The molecule has 3 heterocycles. The fourth-order valence-corrected chi connectivity index (χ4v) is 4.02. The third kappa shape index (κ3) is 4.46. The Balaban J connectivity index is 1.27. The number of piperidine rings is 1. The number of rotatable bonds is 5. The SMILES string of the molecule is O=C(NCC1CC1)C1CCN(c2cnc(N3CCCCCC3)nc2)CC1. The van der Waals surface area contributed by atoms with Crippen molar-refractivity contribution in [3.63, 3.8) is 0 Å². The maximum absolute atomic E-state index is 12.3. The van der Waals surface area contributed by atoms with Crippen LogP contribution in [0.2, 0.25) is 0 Å². The molecule has 0 radical (unpaired) electrons. The van der Waals surface area contributed by atoms with Gasteiger partial charge in [-0.1, -0.05) is 12.8 Å². The van der Waals surface area contributed by atoms with Gasteiger partial charge in [0.2, 0.25) is 11.9 Å². The molecule has 6 nitrogen and oxygen atoms in total. The van der Waals surface area contributed by atoms with Crippen LogP contribution in [0.1, 0.15) is 51.4 Å². The smallest absolute Gasteiger partial charge is 0.225 e. The van der Waals surface area contributed by atoms with Crippen LogP contribution < -0.4 is 15.1 Å². The van der Waals surface area contributed by atoms with Gasteiger partial charge < -0.3 is 15.1 Å². The number of anilines is 2. The maximum atomic E-state index is 12.3. The van der Waals surface area contributed by atoms with Crippen LogP contribution in [0.25, 0.3) is 0 Å². The summed E-state index contributed by atoms with van der Waals surface area (Å²) in [5.74, 6) is 2.04. The highest BCUT2D eigenvalue weighted by molar-refractivity contribution is 5.79. The van der Waals surface area contributed by atoms with Crippen molar-refractivity contribution in [3.8, 4) is 0 Å². The van der Waals surface area contributed by atoms with Gasteiger partial charge >= 0.3 is 0 Å². The van der Waals surface area contributed by atoms with Gasteiger partial charge in [-0.25, -0.2) is 9.97 Å². The second-order valence-electron chi connectivity index (χ2n) is 8.09. The number of hydrogen-bond donors (Lipinski definition) is 1. The fourth-order valence-electron chi connectivity index (χ4n) is 4.02. The molecule has 0 spiro atoms. The van der Waals surface area contributed by atoms with Gasteiger partial charge in [0.1, 0.15) is 0 Å². The summed E-state index contributed by atoms with van der Waals surface area (Å²) in [6.07, 6.45) is 13.4. The van der Waals surface area contributed by atoms with E-state index < -0.39 is 0 Å². The summed E-state index contributed by atoms with van der Waals surface area (Å²) in [5, 5.41) is 3.13. The zero-order valence-corrected chi connectivity index (χ0v) is 15.7. The summed E-state index contributed by atoms with van der Waals surface area (Å²) in [6, 6.07) is 0. The number of amides is 1. The Morgan fingerprint density at radius 2 is 1.58 bits per heavy atom. The predicted molar refractivity (Wildman–Crippen MR) is 103 cm³/mol. The number of nitrogens with one attached hydrogen (secondary N) is 1. The summed E-state index contributed by atoms with van der Waals surface area (Å²) in [6.45, 7) is 4.84. The summed E-state index contributed by atoms with van der Waals surface area (Å²) >= 11 is 0. The molecular formula is C20H31N5O. The van der Waals surface area contributed by atoms with Gasteiger partial charge in [-0.05, 0) is 44.4 Å². The van der Waals surface area contributed by atoms with Crippen molar-refractivity contribution in [1.82, 2.24) is 15.3 Å². The van der Waals surface area contributed by atoms with E-state index in [1.807, 2.05) is 12.4 Å². The summed E-state index contributed by atoms with van der Waals surface area (Å²) in [7, 11) is 0. The van der Waals surface area contributed by atoms with Crippen LogP contribution in [0, 0.1) is 11.8 Å². The normalized spacial score (nSPS) is 22.2. The molecule has 3 aliphatic rings. The maximum Gasteiger partial charge on any atom is 0.225 e. The van der Waals surface area contributed by atoms with Crippen molar-refractivity contribution in [2.24, 2.45) is 11.8 Å². The molecule has 3 fully saturated rings. The predicted octanol–water partition coefficient (Wildman–Crippen LogP) is 2.60. The van der Waals surface area contributed by atoms with E-state index in [9.17, 15) is 4.79 Å². The van der Waals surface area contributed by atoms with Crippen LogP contribution in [-0.2, 0) is 4.79 Å². The highest BCUT2D eigenvalue weighted by Gasteiger charge is 2.27. The quantitative estimate of drug-likeness (QED) is 0.878. The van der Waals surface area contributed by atoms with E-state index in [0.29, 0.717) is 0 Å². The van der Waals surface area contributed by atoms with E-state index in [-0.39, 0.29) is 11.8 Å². The van der Waals surface area contributed by atoms with Crippen LogP contribution in [0.15, 0.2) is 12.4 Å². The largest absolute Gasteiger partial charge is 0.369 e. The van der Waals surface area contributed by atoms with Gasteiger partial charge in [0.05, 0.1) is 18.1 Å². The first-order chi connectivity index (χ1) is 12.8. The van der Waals surface area contributed by atoms with Crippen LogP contribution in [0.3, 0.4) is 0 Å². The second-order valence-corrected chi connectivity index (χ2v) is 8.09. The van der Waals surface area contributed by atoms with E-state index in [0.717, 1.165) is 63.1 Å². The molecule has 0 unspecified atom stereocenters. The van der Waals surface area contributed by atoms with Gasteiger partial charge in [0.25, 0.3) is 0 Å². The van der Waals surface area contributed by atoms with Crippen molar-refractivity contribution in [2.45, 2.75) is 51.4 Å². The molecule has 2 aliphatic heterocycles.